The third-order valence-corrected chi connectivity index (χ3v) is 2.74. The van der Waals surface area contributed by atoms with Gasteiger partial charge in [0.15, 0.2) is 0 Å². The fourth-order valence-corrected chi connectivity index (χ4v) is 1.86. The van der Waals surface area contributed by atoms with Gasteiger partial charge in [0.05, 0.1) is 5.69 Å². The molecule has 0 bridgehead atoms. The van der Waals surface area contributed by atoms with Gasteiger partial charge in [0.1, 0.15) is 0 Å². The summed E-state index contributed by atoms with van der Waals surface area (Å²) in [6.07, 6.45) is 1.68. The number of nitrogens with zero attached hydrogens (tertiary/aromatic N) is 1. The van der Waals surface area contributed by atoms with Gasteiger partial charge in [-0.25, -0.2) is 4.79 Å². The molecule has 5 heteroatoms. The van der Waals surface area contributed by atoms with Gasteiger partial charge in [0.25, 0.3) is 0 Å². The first-order valence-electron chi connectivity index (χ1n) is 4.82. The molecule has 1 heterocycles. The highest BCUT2D eigenvalue weighted by atomic mass is 35.5. The van der Waals surface area contributed by atoms with Crippen LogP contribution in [-0.4, -0.2) is 15.4 Å². The van der Waals surface area contributed by atoms with Crippen LogP contribution in [0.4, 0.5) is 0 Å². The van der Waals surface area contributed by atoms with Crippen LogP contribution in [-0.2, 0) is 6.54 Å². The van der Waals surface area contributed by atoms with Crippen molar-refractivity contribution in [2.45, 2.75) is 6.54 Å². The molecular weight excluding hydrogens is 247 g/mol. The maximum Gasteiger partial charge on any atom is 0.326 e. The van der Waals surface area contributed by atoms with E-state index in [0.29, 0.717) is 17.4 Å². The van der Waals surface area contributed by atoms with Gasteiger partial charge < -0.3 is 4.98 Å². The molecule has 1 N–H and O–H groups in total. The predicted octanol–water partition coefficient (Wildman–Crippen LogP) is 2.74. The summed E-state index contributed by atoms with van der Waals surface area (Å²) >= 11 is 11.5. The molecule has 0 saturated heterocycles. The number of rotatable bonds is 3. The van der Waals surface area contributed by atoms with E-state index in [1.165, 1.54) is 0 Å². The third-order valence-electron chi connectivity index (χ3n) is 2.32. The largest absolute Gasteiger partial charge is 0.326 e. The van der Waals surface area contributed by atoms with Crippen LogP contribution in [0.2, 0.25) is 5.02 Å². The first kappa shape index (κ1) is 11.3. The van der Waals surface area contributed by atoms with Crippen molar-refractivity contribution in [1.82, 2.24) is 9.55 Å². The van der Waals surface area contributed by atoms with Crippen LogP contribution in [0.3, 0.4) is 0 Å². The average Bonchev–Trinajstić information content (AvgIpc) is 2.63. The molecule has 1 aromatic carbocycles. The first-order chi connectivity index (χ1) is 7.72. The van der Waals surface area contributed by atoms with E-state index in [0.717, 1.165) is 11.3 Å². The monoisotopic (exact) mass is 256 g/mol. The lowest BCUT2D eigenvalue weighted by Crippen LogP contribution is -2.18. The molecule has 3 nitrogen and oxygen atoms in total. The van der Waals surface area contributed by atoms with E-state index < -0.39 is 0 Å². The summed E-state index contributed by atoms with van der Waals surface area (Å²) in [5.74, 6) is 0.401. The van der Waals surface area contributed by atoms with Crippen molar-refractivity contribution in [3.05, 3.63) is 46.0 Å². The summed E-state index contributed by atoms with van der Waals surface area (Å²) in [4.78, 5) is 14.1. The summed E-state index contributed by atoms with van der Waals surface area (Å²) in [5, 5.41) is 0.672. The van der Waals surface area contributed by atoms with Crippen LogP contribution in [0.1, 0.15) is 0 Å². The van der Waals surface area contributed by atoms with Crippen LogP contribution < -0.4 is 5.69 Å². The second-order valence-electron chi connectivity index (χ2n) is 3.33. The third kappa shape index (κ3) is 2.15. The maximum absolute atomic E-state index is 11.5. The minimum absolute atomic E-state index is 0.148. The Kier molecular flexibility index (Phi) is 3.36. The Balaban J connectivity index is 2.47. The van der Waals surface area contributed by atoms with Gasteiger partial charge in [-0.3, -0.25) is 4.57 Å². The van der Waals surface area contributed by atoms with Crippen molar-refractivity contribution in [1.29, 1.82) is 0 Å². The van der Waals surface area contributed by atoms with Crippen LogP contribution in [0.25, 0.3) is 11.3 Å². The average molecular weight is 257 g/mol. The number of aromatic nitrogens is 2. The smallest absolute Gasteiger partial charge is 0.312 e. The van der Waals surface area contributed by atoms with Gasteiger partial charge in [-0.2, -0.15) is 0 Å². The van der Waals surface area contributed by atoms with Crippen molar-refractivity contribution < 1.29 is 0 Å². The Morgan fingerprint density at radius 2 is 1.94 bits per heavy atom. The Hall–Kier alpha value is -1.19. The highest BCUT2D eigenvalue weighted by Gasteiger charge is 2.07. The highest BCUT2D eigenvalue weighted by molar-refractivity contribution is 6.30. The Labute approximate surface area is 103 Å². The number of hydrogen-bond acceptors (Lipinski definition) is 1. The fourth-order valence-electron chi connectivity index (χ4n) is 1.56. The van der Waals surface area contributed by atoms with E-state index in [4.69, 9.17) is 23.2 Å². The number of nitrogens with one attached hydrogen (secondary N) is 1. The number of aromatic amines is 1. The minimum Gasteiger partial charge on any atom is -0.312 e. The van der Waals surface area contributed by atoms with Crippen molar-refractivity contribution >= 4 is 23.2 Å². The highest BCUT2D eigenvalue weighted by Crippen LogP contribution is 2.19. The van der Waals surface area contributed by atoms with Gasteiger partial charge in [-0.1, -0.05) is 23.7 Å². The van der Waals surface area contributed by atoms with E-state index in [1.54, 1.807) is 22.9 Å². The summed E-state index contributed by atoms with van der Waals surface area (Å²) in [6, 6.07) is 7.32. The fraction of sp³-hybridized carbons (Fsp3) is 0.182. The first-order valence-corrected chi connectivity index (χ1v) is 5.74. The van der Waals surface area contributed by atoms with Crippen molar-refractivity contribution in [2.75, 3.05) is 5.88 Å². The quantitative estimate of drug-likeness (QED) is 0.843. The maximum atomic E-state index is 11.5. The standard InChI is InChI=1S/C11H10Cl2N2O/c12-5-6-15-10(7-14-11(15)16)8-1-3-9(13)4-2-8/h1-4,7H,5-6H2,(H,14,16). The van der Waals surface area contributed by atoms with Crippen LogP contribution in [0, 0.1) is 0 Å². The van der Waals surface area contributed by atoms with E-state index in [2.05, 4.69) is 4.98 Å². The van der Waals surface area contributed by atoms with E-state index in [9.17, 15) is 4.79 Å². The zero-order valence-corrected chi connectivity index (χ0v) is 9.92. The van der Waals surface area contributed by atoms with Crippen LogP contribution in [0.5, 0.6) is 0 Å². The van der Waals surface area contributed by atoms with Gasteiger partial charge in [-0.05, 0) is 17.7 Å². The molecule has 0 saturated carbocycles. The SMILES string of the molecule is O=c1[nH]cc(-c2ccc(Cl)cc2)n1CCCl. The van der Waals surface area contributed by atoms with E-state index in [1.807, 2.05) is 12.1 Å². The topological polar surface area (TPSA) is 37.8 Å². The molecule has 0 atom stereocenters. The van der Waals surface area contributed by atoms with E-state index in [-0.39, 0.29) is 5.69 Å². The second-order valence-corrected chi connectivity index (χ2v) is 4.14. The number of benzene rings is 1. The number of H-pyrrole nitrogens is 1. The molecule has 0 spiro atoms. The zero-order valence-electron chi connectivity index (χ0n) is 8.41. The summed E-state index contributed by atoms with van der Waals surface area (Å²) < 4.78 is 1.61. The molecule has 1 aromatic heterocycles. The predicted molar refractivity (Wildman–Crippen MR) is 66.2 cm³/mol. The lowest BCUT2D eigenvalue weighted by Gasteiger charge is -2.05. The van der Waals surface area contributed by atoms with E-state index >= 15 is 0 Å². The lowest BCUT2D eigenvalue weighted by atomic mass is 10.2. The van der Waals surface area contributed by atoms with Gasteiger partial charge in [0.2, 0.25) is 0 Å². The van der Waals surface area contributed by atoms with Crippen molar-refractivity contribution in [2.24, 2.45) is 0 Å². The number of hydrogen-bond donors (Lipinski definition) is 1. The summed E-state index contributed by atoms with van der Waals surface area (Å²) in [7, 11) is 0. The lowest BCUT2D eigenvalue weighted by molar-refractivity contribution is 0.742. The molecule has 0 unspecified atom stereocenters. The molecular formula is C11H10Cl2N2O. The van der Waals surface area contributed by atoms with Crippen LogP contribution >= 0.6 is 23.2 Å². The molecule has 0 amide bonds. The molecule has 0 aliphatic carbocycles. The Bertz CT molecular complexity index is 528. The summed E-state index contributed by atoms with van der Waals surface area (Å²) in [6.45, 7) is 0.488. The molecule has 0 fully saturated rings. The van der Waals surface area contributed by atoms with Gasteiger partial charge in [0, 0.05) is 23.6 Å². The molecule has 84 valence electrons. The molecule has 0 aliphatic rings. The Morgan fingerprint density at radius 3 is 2.56 bits per heavy atom. The second kappa shape index (κ2) is 4.76. The number of imidazole rings is 1. The molecule has 2 aromatic rings. The molecule has 2 rings (SSSR count). The molecule has 0 aliphatic heterocycles. The van der Waals surface area contributed by atoms with Gasteiger partial charge in [-0.15, -0.1) is 11.6 Å². The Morgan fingerprint density at radius 1 is 1.25 bits per heavy atom. The minimum atomic E-state index is -0.148. The normalized spacial score (nSPS) is 10.6. The van der Waals surface area contributed by atoms with Crippen molar-refractivity contribution in [3.8, 4) is 11.3 Å². The number of alkyl halides is 1. The molecule has 16 heavy (non-hydrogen) atoms. The summed E-state index contributed by atoms with van der Waals surface area (Å²) in [5.41, 5.74) is 1.61. The number of halogens is 2. The van der Waals surface area contributed by atoms with Crippen LogP contribution in [0.15, 0.2) is 35.3 Å². The van der Waals surface area contributed by atoms with Crippen molar-refractivity contribution in [3.63, 3.8) is 0 Å². The van der Waals surface area contributed by atoms with Gasteiger partial charge >= 0.3 is 5.69 Å². The molecule has 0 radical (unpaired) electrons. The zero-order chi connectivity index (χ0) is 11.5.